The summed E-state index contributed by atoms with van der Waals surface area (Å²) in [7, 11) is 0. The lowest BCUT2D eigenvalue weighted by molar-refractivity contribution is 0.000680. The lowest BCUT2D eigenvalue weighted by Crippen LogP contribution is -2.32. The first-order valence-corrected chi connectivity index (χ1v) is 4.36. The van der Waals surface area contributed by atoms with Crippen LogP contribution >= 0.6 is 0 Å². The van der Waals surface area contributed by atoms with E-state index in [0.717, 1.165) is 6.42 Å². The Morgan fingerprint density at radius 2 is 1.55 bits per heavy atom. The Kier molecular flexibility index (Phi) is 4.69. The number of hydrogen-bond donors (Lipinski definition) is 2. The Labute approximate surface area is 69.2 Å². The van der Waals surface area contributed by atoms with Crippen LogP contribution < -0.4 is 0 Å². The van der Waals surface area contributed by atoms with Crippen LogP contribution in [0.2, 0.25) is 0 Å². The summed E-state index contributed by atoms with van der Waals surface area (Å²) in [5, 5.41) is 18.8. The van der Waals surface area contributed by atoms with Gasteiger partial charge in [0.15, 0.2) is 0 Å². The van der Waals surface area contributed by atoms with Gasteiger partial charge in [-0.05, 0) is 12.8 Å². The van der Waals surface area contributed by atoms with Crippen molar-refractivity contribution in [3.8, 4) is 0 Å². The molecule has 4 atom stereocenters. The molecule has 2 N–H and O–H groups in total. The van der Waals surface area contributed by atoms with Crippen LogP contribution in [-0.4, -0.2) is 22.4 Å². The van der Waals surface area contributed by atoms with Gasteiger partial charge in [0.25, 0.3) is 0 Å². The summed E-state index contributed by atoms with van der Waals surface area (Å²) in [6.45, 7) is 7.64. The highest BCUT2D eigenvalue weighted by atomic mass is 16.3. The summed E-state index contributed by atoms with van der Waals surface area (Å²) in [6.07, 6.45) is 0.164. The fraction of sp³-hybridized carbons (Fsp3) is 1.00. The highest BCUT2D eigenvalue weighted by molar-refractivity contribution is 4.73. The standard InChI is InChI=1S/C9H20O2/c1-5-6(2)9(11)7(3)8(4)10/h6-11H,5H2,1-4H3. The summed E-state index contributed by atoms with van der Waals surface area (Å²) < 4.78 is 0. The number of rotatable bonds is 4. The first kappa shape index (κ1) is 10.9. The van der Waals surface area contributed by atoms with E-state index in [-0.39, 0.29) is 17.9 Å². The van der Waals surface area contributed by atoms with E-state index in [0.29, 0.717) is 0 Å². The highest BCUT2D eigenvalue weighted by Crippen LogP contribution is 2.18. The summed E-state index contributed by atoms with van der Waals surface area (Å²) in [6, 6.07) is 0. The zero-order chi connectivity index (χ0) is 9.02. The molecule has 0 rings (SSSR count). The van der Waals surface area contributed by atoms with Crippen LogP contribution in [0.3, 0.4) is 0 Å². The second-order valence-corrected chi connectivity index (χ2v) is 3.48. The smallest absolute Gasteiger partial charge is 0.0615 e. The normalized spacial score (nSPS) is 22.4. The van der Waals surface area contributed by atoms with E-state index in [1.807, 2.05) is 20.8 Å². The van der Waals surface area contributed by atoms with Gasteiger partial charge in [0.1, 0.15) is 0 Å². The fourth-order valence-electron chi connectivity index (χ4n) is 1.05. The molecule has 11 heavy (non-hydrogen) atoms. The Morgan fingerprint density at radius 3 is 1.82 bits per heavy atom. The zero-order valence-electron chi connectivity index (χ0n) is 7.91. The highest BCUT2D eigenvalue weighted by Gasteiger charge is 2.22. The molecular formula is C9H20O2. The number of aliphatic hydroxyl groups is 2. The number of aliphatic hydroxyl groups excluding tert-OH is 2. The Bertz CT molecular complexity index is 102. The molecule has 2 nitrogen and oxygen atoms in total. The van der Waals surface area contributed by atoms with Gasteiger partial charge in [-0.3, -0.25) is 0 Å². The molecule has 0 spiro atoms. The van der Waals surface area contributed by atoms with E-state index < -0.39 is 6.10 Å². The minimum atomic E-state index is -0.418. The molecule has 0 aliphatic rings. The molecule has 0 aliphatic heterocycles. The van der Waals surface area contributed by atoms with Gasteiger partial charge in [-0.25, -0.2) is 0 Å². The zero-order valence-corrected chi connectivity index (χ0v) is 7.91. The van der Waals surface area contributed by atoms with Crippen LogP contribution in [0.15, 0.2) is 0 Å². The fourth-order valence-corrected chi connectivity index (χ4v) is 1.05. The van der Waals surface area contributed by atoms with Gasteiger partial charge in [-0.15, -0.1) is 0 Å². The van der Waals surface area contributed by atoms with Crippen molar-refractivity contribution in [2.24, 2.45) is 11.8 Å². The van der Waals surface area contributed by atoms with Gasteiger partial charge in [-0.2, -0.15) is 0 Å². The average Bonchev–Trinajstić information content (AvgIpc) is 2.00. The number of hydrogen-bond acceptors (Lipinski definition) is 2. The van der Waals surface area contributed by atoms with E-state index in [9.17, 15) is 10.2 Å². The van der Waals surface area contributed by atoms with E-state index in [1.54, 1.807) is 6.92 Å². The third-order valence-electron chi connectivity index (χ3n) is 2.53. The van der Waals surface area contributed by atoms with Crippen molar-refractivity contribution >= 4 is 0 Å². The third kappa shape index (κ3) is 3.21. The van der Waals surface area contributed by atoms with Crippen LogP contribution in [0.25, 0.3) is 0 Å². The Morgan fingerprint density at radius 1 is 1.09 bits per heavy atom. The molecule has 68 valence electrons. The molecule has 0 aliphatic carbocycles. The topological polar surface area (TPSA) is 40.5 Å². The molecule has 0 aromatic rings. The lowest BCUT2D eigenvalue weighted by Gasteiger charge is -2.25. The summed E-state index contributed by atoms with van der Waals surface area (Å²) in [5.74, 6) is 0.254. The van der Waals surface area contributed by atoms with E-state index in [2.05, 4.69) is 0 Å². The second-order valence-electron chi connectivity index (χ2n) is 3.48. The van der Waals surface area contributed by atoms with E-state index in [1.165, 1.54) is 0 Å². The quantitative estimate of drug-likeness (QED) is 0.653. The largest absolute Gasteiger partial charge is 0.393 e. The first-order valence-electron chi connectivity index (χ1n) is 4.36. The molecule has 0 aromatic carbocycles. The van der Waals surface area contributed by atoms with Gasteiger partial charge in [0, 0.05) is 5.92 Å². The molecule has 0 saturated heterocycles. The lowest BCUT2D eigenvalue weighted by atomic mass is 9.89. The Hall–Kier alpha value is -0.0800. The van der Waals surface area contributed by atoms with E-state index in [4.69, 9.17) is 0 Å². The molecule has 0 amide bonds. The van der Waals surface area contributed by atoms with Crippen molar-refractivity contribution < 1.29 is 10.2 Å². The van der Waals surface area contributed by atoms with Crippen LogP contribution in [-0.2, 0) is 0 Å². The van der Waals surface area contributed by atoms with Crippen LogP contribution in [0, 0.1) is 11.8 Å². The predicted molar refractivity (Wildman–Crippen MR) is 46.3 cm³/mol. The maximum atomic E-state index is 9.60. The van der Waals surface area contributed by atoms with Crippen molar-refractivity contribution in [3.05, 3.63) is 0 Å². The molecule has 2 heteroatoms. The monoisotopic (exact) mass is 160 g/mol. The van der Waals surface area contributed by atoms with Gasteiger partial charge in [0.2, 0.25) is 0 Å². The van der Waals surface area contributed by atoms with Crippen molar-refractivity contribution in [3.63, 3.8) is 0 Å². The molecular weight excluding hydrogens is 140 g/mol. The summed E-state index contributed by atoms with van der Waals surface area (Å²) in [5.41, 5.74) is 0. The van der Waals surface area contributed by atoms with Gasteiger partial charge < -0.3 is 10.2 Å². The molecule has 0 saturated carbocycles. The van der Waals surface area contributed by atoms with E-state index >= 15 is 0 Å². The molecule has 0 aromatic heterocycles. The average molecular weight is 160 g/mol. The third-order valence-corrected chi connectivity index (χ3v) is 2.53. The van der Waals surface area contributed by atoms with Crippen molar-refractivity contribution in [2.45, 2.75) is 46.3 Å². The van der Waals surface area contributed by atoms with Gasteiger partial charge in [-0.1, -0.05) is 27.2 Å². The van der Waals surface area contributed by atoms with Crippen molar-refractivity contribution in [1.29, 1.82) is 0 Å². The summed E-state index contributed by atoms with van der Waals surface area (Å²) in [4.78, 5) is 0. The minimum absolute atomic E-state index is 0.0232. The van der Waals surface area contributed by atoms with Crippen LogP contribution in [0.4, 0.5) is 0 Å². The molecule has 0 heterocycles. The SMILES string of the molecule is CCC(C)C(O)C(C)C(C)O. The molecule has 4 unspecified atom stereocenters. The van der Waals surface area contributed by atoms with Crippen LogP contribution in [0.1, 0.15) is 34.1 Å². The van der Waals surface area contributed by atoms with Gasteiger partial charge >= 0.3 is 0 Å². The molecule has 0 bridgehead atoms. The van der Waals surface area contributed by atoms with Crippen molar-refractivity contribution in [1.82, 2.24) is 0 Å². The maximum absolute atomic E-state index is 9.60. The molecule has 0 radical (unpaired) electrons. The predicted octanol–water partition coefficient (Wildman–Crippen LogP) is 1.41. The van der Waals surface area contributed by atoms with Crippen molar-refractivity contribution in [2.75, 3.05) is 0 Å². The Balaban J connectivity index is 3.90. The maximum Gasteiger partial charge on any atom is 0.0615 e. The second kappa shape index (κ2) is 4.73. The minimum Gasteiger partial charge on any atom is -0.393 e. The van der Waals surface area contributed by atoms with Crippen LogP contribution in [0.5, 0.6) is 0 Å². The summed E-state index contributed by atoms with van der Waals surface area (Å²) >= 11 is 0. The van der Waals surface area contributed by atoms with Gasteiger partial charge in [0.05, 0.1) is 12.2 Å². The molecule has 0 fully saturated rings. The first-order chi connectivity index (χ1) is 5.00.